The molecule has 2 atom stereocenters. The van der Waals surface area contributed by atoms with Gasteiger partial charge in [-0.25, -0.2) is 8.42 Å². The number of anilines is 1. The van der Waals surface area contributed by atoms with Crippen LogP contribution >= 0.6 is 0 Å². The Balaban J connectivity index is 1.32. The van der Waals surface area contributed by atoms with Gasteiger partial charge in [0.25, 0.3) is 0 Å². The van der Waals surface area contributed by atoms with Gasteiger partial charge in [0, 0.05) is 37.9 Å². The van der Waals surface area contributed by atoms with Crippen molar-refractivity contribution < 1.29 is 8.42 Å². The zero-order valence-corrected chi connectivity index (χ0v) is 18.0. The lowest BCUT2D eigenvalue weighted by atomic mass is 9.96. The molecular weight excluding hydrogens is 382 g/mol. The van der Waals surface area contributed by atoms with Crippen LogP contribution in [0.15, 0.2) is 47.4 Å². The lowest BCUT2D eigenvalue weighted by molar-refractivity contribution is 0.192. The predicted octanol–water partition coefficient (Wildman–Crippen LogP) is 3.37. The topological polar surface area (TPSA) is 43.9 Å². The number of benzene rings is 2. The minimum Gasteiger partial charge on any atom is -0.369 e. The molecule has 2 bridgehead atoms. The lowest BCUT2D eigenvalue weighted by Crippen LogP contribution is -2.48. The third-order valence-electron chi connectivity index (χ3n) is 7.00. The third-order valence-corrected chi connectivity index (χ3v) is 8.91. The van der Waals surface area contributed by atoms with Gasteiger partial charge in [-0.2, -0.15) is 4.31 Å². The summed E-state index contributed by atoms with van der Waals surface area (Å²) in [6, 6.07) is 14.6. The predicted molar refractivity (Wildman–Crippen MR) is 116 cm³/mol. The number of hydrogen-bond acceptors (Lipinski definition) is 4. The van der Waals surface area contributed by atoms with Gasteiger partial charge in [-0.15, -0.1) is 0 Å². The van der Waals surface area contributed by atoms with Gasteiger partial charge >= 0.3 is 0 Å². The normalized spacial score (nSPS) is 25.2. The molecule has 29 heavy (non-hydrogen) atoms. The molecule has 6 heteroatoms. The van der Waals surface area contributed by atoms with Crippen molar-refractivity contribution in [3.05, 3.63) is 59.2 Å². The number of aryl methyl sites for hydroxylation is 1. The summed E-state index contributed by atoms with van der Waals surface area (Å²) in [5, 5.41) is 0. The van der Waals surface area contributed by atoms with Gasteiger partial charge in [-0.3, -0.25) is 4.90 Å². The van der Waals surface area contributed by atoms with Crippen LogP contribution in [0.25, 0.3) is 0 Å². The van der Waals surface area contributed by atoms with E-state index >= 15 is 0 Å². The maximum absolute atomic E-state index is 13.0. The first-order valence-electron chi connectivity index (χ1n) is 10.6. The highest BCUT2D eigenvalue weighted by Crippen LogP contribution is 2.49. The monoisotopic (exact) mass is 411 g/mol. The largest absolute Gasteiger partial charge is 0.369 e. The minimum absolute atomic E-state index is 0.393. The fraction of sp³-hybridized carbons (Fsp3) is 0.478. The van der Waals surface area contributed by atoms with Crippen LogP contribution in [0.2, 0.25) is 0 Å². The highest BCUT2D eigenvalue weighted by molar-refractivity contribution is 7.89. The van der Waals surface area contributed by atoms with E-state index in [0.717, 1.165) is 24.6 Å². The number of fused-ring (bicyclic) bond motifs is 5. The van der Waals surface area contributed by atoms with Crippen LogP contribution in [-0.4, -0.2) is 57.4 Å². The highest BCUT2D eigenvalue weighted by atomic mass is 32.2. The van der Waals surface area contributed by atoms with Crippen molar-refractivity contribution in [3.8, 4) is 0 Å². The van der Waals surface area contributed by atoms with Gasteiger partial charge in [0.05, 0.1) is 4.90 Å². The first-order valence-corrected chi connectivity index (χ1v) is 12.0. The molecule has 5 rings (SSSR count). The fourth-order valence-corrected chi connectivity index (χ4v) is 6.62. The van der Waals surface area contributed by atoms with Gasteiger partial charge in [0.15, 0.2) is 0 Å². The van der Waals surface area contributed by atoms with E-state index in [2.05, 4.69) is 35.0 Å². The van der Waals surface area contributed by atoms with Crippen LogP contribution < -0.4 is 4.90 Å². The molecule has 1 aliphatic carbocycles. The summed E-state index contributed by atoms with van der Waals surface area (Å²) in [6.07, 6.45) is 2.51. The van der Waals surface area contributed by atoms with Crippen molar-refractivity contribution in [1.29, 1.82) is 0 Å². The Kier molecular flexibility index (Phi) is 4.68. The Morgan fingerprint density at radius 2 is 1.62 bits per heavy atom. The average molecular weight is 412 g/mol. The summed E-state index contributed by atoms with van der Waals surface area (Å²) in [5.41, 5.74) is 5.32. The van der Waals surface area contributed by atoms with Gasteiger partial charge in [0.2, 0.25) is 10.0 Å². The van der Waals surface area contributed by atoms with E-state index < -0.39 is 10.0 Å². The van der Waals surface area contributed by atoms with Crippen LogP contribution in [0, 0.1) is 6.92 Å². The maximum Gasteiger partial charge on any atom is 0.243 e. The van der Waals surface area contributed by atoms with E-state index in [0.29, 0.717) is 24.0 Å². The summed E-state index contributed by atoms with van der Waals surface area (Å²) < 4.78 is 27.5. The van der Waals surface area contributed by atoms with Crippen LogP contribution in [0.3, 0.4) is 0 Å². The Labute approximate surface area is 174 Å². The smallest absolute Gasteiger partial charge is 0.243 e. The fourth-order valence-electron chi connectivity index (χ4n) is 5.19. The molecule has 2 aromatic carbocycles. The number of rotatable bonds is 3. The molecule has 3 aliphatic rings. The average Bonchev–Trinajstić information content (AvgIpc) is 3.04. The standard InChI is InChI=1S/C23H29N3O2S/c1-17-3-6-20(7-4-17)29(27,28)26-13-11-25(12-14-26)19-5-8-21-18-9-10-24(2)23(15-18)22(21)16-19/h3-8,16,18,23H,9-15H2,1-2H3/t18-,23-/m1/s1. The number of piperazine rings is 1. The summed E-state index contributed by atoms with van der Waals surface area (Å²) in [6.45, 7) is 5.66. The van der Waals surface area contributed by atoms with Crippen LogP contribution in [0.4, 0.5) is 5.69 Å². The first kappa shape index (κ1) is 19.1. The van der Waals surface area contributed by atoms with Crippen molar-refractivity contribution in [3.63, 3.8) is 0 Å². The summed E-state index contributed by atoms with van der Waals surface area (Å²) in [7, 11) is -1.18. The highest BCUT2D eigenvalue weighted by Gasteiger charge is 2.37. The molecule has 0 radical (unpaired) electrons. The zero-order chi connectivity index (χ0) is 20.2. The number of hydrogen-bond donors (Lipinski definition) is 0. The lowest BCUT2D eigenvalue weighted by Gasteiger charge is -2.36. The molecule has 0 N–H and O–H groups in total. The summed E-state index contributed by atoms with van der Waals surface area (Å²) >= 11 is 0. The van der Waals surface area contributed by atoms with Gasteiger partial charge in [-0.05, 0) is 74.7 Å². The molecule has 2 aliphatic heterocycles. The molecule has 0 saturated carbocycles. The maximum atomic E-state index is 13.0. The Hall–Kier alpha value is -1.89. The molecule has 2 saturated heterocycles. The molecule has 2 aromatic rings. The second kappa shape index (κ2) is 7.11. The van der Waals surface area contributed by atoms with Crippen molar-refractivity contribution in [2.75, 3.05) is 44.7 Å². The Bertz CT molecular complexity index is 1010. The molecular formula is C23H29N3O2S. The molecule has 0 aromatic heterocycles. The SMILES string of the molecule is Cc1ccc(S(=O)(=O)N2CCN(c3ccc4c(c3)[C@H]3C[C@H]4CCN3C)CC2)cc1. The molecule has 0 amide bonds. The number of likely N-dealkylation sites (tertiary alicyclic amines) is 1. The van der Waals surface area contributed by atoms with Crippen LogP contribution in [0.1, 0.15) is 41.5 Å². The number of piperidine rings is 1. The molecule has 5 nitrogen and oxygen atoms in total. The summed E-state index contributed by atoms with van der Waals surface area (Å²) in [5.74, 6) is 0.719. The van der Waals surface area contributed by atoms with E-state index in [1.807, 2.05) is 19.1 Å². The Morgan fingerprint density at radius 3 is 2.34 bits per heavy atom. The minimum atomic E-state index is -3.41. The zero-order valence-electron chi connectivity index (χ0n) is 17.2. The number of nitrogens with zero attached hydrogens (tertiary/aromatic N) is 3. The van der Waals surface area contributed by atoms with Crippen molar-refractivity contribution in [2.45, 2.75) is 36.6 Å². The molecule has 154 valence electrons. The van der Waals surface area contributed by atoms with Crippen LogP contribution in [-0.2, 0) is 10.0 Å². The van der Waals surface area contributed by atoms with Crippen molar-refractivity contribution >= 4 is 15.7 Å². The van der Waals surface area contributed by atoms with Crippen molar-refractivity contribution in [2.24, 2.45) is 0 Å². The quantitative estimate of drug-likeness (QED) is 0.777. The number of sulfonamides is 1. The van der Waals surface area contributed by atoms with E-state index in [-0.39, 0.29) is 0 Å². The van der Waals surface area contributed by atoms with Gasteiger partial charge in [-0.1, -0.05) is 23.8 Å². The van der Waals surface area contributed by atoms with E-state index in [1.165, 1.54) is 36.2 Å². The molecule has 0 spiro atoms. The van der Waals surface area contributed by atoms with Gasteiger partial charge < -0.3 is 4.90 Å². The molecule has 0 unspecified atom stereocenters. The summed E-state index contributed by atoms with van der Waals surface area (Å²) in [4.78, 5) is 5.21. The van der Waals surface area contributed by atoms with E-state index in [1.54, 1.807) is 16.4 Å². The van der Waals surface area contributed by atoms with Crippen molar-refractivity contribution in [1.82, 2.24) is 9.21 Å². The first-order chi connectivity index (χ1) is 13.9. The second-order valence-corrected chi connectivity index (χ2v) is 10.7. The molecule has 2 fully saturated rings. The third kappa shape index (κ3) is 3.27. The second-order valence-electron chi connectivity index (χ2n) is 8.74. The van der Waals surface area contributed by atoms with E-state index in [9.17, 15) is 8.42 Å². The molecule has 2 heterocycles. The Morgan fingerprint density at radius 1 is 0.897 bits per heavy atom. The van der Waals surface area contributed by atoms with Crippen LogP contribution in [0.5, 0.6) is 0 Å². The van der Waals surface area contributed by atoms with Gasteiger partial charge in [0.1, 0.15) is 0 Å². The van der Waals surface area contributed by atoms with E-state index in [4.69, 9.17) is 0 Å².